The van der Waals surface area contributed by atoms with Crippen LogP contribution in [-0.4, -0.2) is 53.7 Å². The lowest BCUT2D eigenvalue weighted by atomic mass is 10.0. The summed E-state index contributed by atoms with van der Waals surface area (Å²) < 4.78 is 19.3. The van der Waals surface area contributed by atoms with Crippen LogP contribution >= 0.6 is 0 Å². The fraction of sp³-hybridized carbons (Fsp3) is 0.421. The number of nitrogens with zero attached hydrogens (tertiary/aromatic N) is 1. The maximum Gasteiger partial charge on any atom is 0.325 e. The number of carbonyl (C=O) groups excluding carboxylic acids is 5. The highest BCUT2D eigenvalue weighted by Gasteiger charge is 2.45. The first-order valence-electron chi connectivity index (χ1n) is 9.28. The van der Waals surface area contributed by atoms with Crippen molar-refractivity contribution in [1.82, 2.24) is 10.2 Å². The highest BCUT2D eigenvalue weighted by Crippen LogP contribution is 2.31. The normalized spacial score (nSPS) is 18.6. The minimum absolute atomic E-state index is 0.00727. The maximum absolute atomic E-state index is 14.4. The molecule has 0 saturated carbocycles. The van der Waals surface area contributed by atoms with Crippen molar-refractivity contribution in [3.05, 3.63) is 29.1 Å². The number of esters is 1. The van der Waals surface area contributed by atoms with Crippen molar-refractivity contribution in [2.24, 2.45) is 0 Å². The number of fused-ring (bicyclic) bond motifs is 1. The zero-order valence-electron chi connectivity index (χ0n) is 15.7. The van der Waals surface area contributed by atoms with Crippen LogP contribution in [0.5, 0.6) is 0 Å². The Kier molecular flexibility index (Phi) is 5.90. The molecule has 1 unspecified atom stereocenters. The summed E-state index contributed by atoms with van der Waals surface area (Å²) in [5.41, 5.74) is -0.390. The number of unbranched alkanes of at least 4 members (excludes halogenated alkanes) is 1. The Morgan fingerprint density at radius 2 is 1.93 bits per heavy atom. The Hall–Kier alpha value is -3.30. The molecular weight excluding hydrogens is 385 g/mol. The predicted molar refractivity (Wildman–Crippen MR) is 97.4 cm³/mol. The Morgan fingerprint density at radius 1 is 1.24 bits per heavy atom. The summed E-state index contributed by atoms with van der Waals surface area (Å²) >= 11 is 0. The Morgan fingerprint density at radius 3 is 2.59 bits per heavy atom. The summed E-state index contributed by atoms with van der Waals surface area (Å²) in [6, 6.07) is 0.899. The van der Waals surface area contributed by atoms with Gasteiger partial charge in [0.05, 0.1) is 23.4 Å². The summed E-state index contributed by atoms with van der Waals surface area (Å²) in [6.45, 7) is 1.90. The lowest BCUT2D eigenvalue weighted by Gasteiger charge is -2.27. The lowest BCUT2D eigenvalue weighted by Crippen LogP contribution is -2.54. The van der Waals surface area contributed by atoms with Crippen LogP contribution in [0.25, 0.3) is 0 Å². The van der Waals surface area contributed by atoms with E-state index in [4.69, 9.17) is 4.74 Å². The van der Waals surface area contributed by atoms with Crippen LogP contribution in [0.2, 0.25) is 0 Å². The van der Waals surface area contributed by atoms with E-state index in [1.807, 2.05) is 6.92 Å². The van der Waals surface area contributed by atoms with Gasteiger partial charge < -0.3 is 10.1 Å². The number of nitrogens with one attached hydrogen (secondary N) is 2. The first-order chi connectivity index (χ1) is 13.8. The third-order valence-electron chi connectivity index (χ3n) is 4.71. The van der Waals surface area contributed by atoms with E-state index in [1.54, 1.807) is 0 Å². The van der Waals surface area contributed by atoms with Gasteiger partial charge in [-0.15, -0.1) is 0 Å². The molecule has 0 radical (unpaired) electrons. The Bertz CT molecular complexity index is 900. The molecule has 1 aromatic rings. The van der Waals surface area contributed by atoms with E-state index in [1.165, 1.54) is 0 Å². The third-order valence-corrected chi connectivity index (χ3v) is 4.71. The number of benzene rings is 1. The quantitative estimate of drug-likeness (QED) is 0.394. The van der Waals surface area contributed by atoms with Gasteiger partial charge in [-0.1, -0.05) is 13.3 Å². The van der Waals surface area contributed by atoms with Gasteiger partial charge in [-0.25, -0.2) is 4.39 Å². The largest absolute Gasteiger partial charge is 0.464 e. The van der Waals surface area contributed by atoms with Crippen LogP contribution in [0.15, 0.2) is 12.1 Å². The summed E-state index contributed by atoms with van der Waals surface area (Å²) in [4.78, 5) is 61.0. The molecule has 2 aliphatic heterocycles. The van der Waals surface area contributed by atoms with Gasteiger partial charge >= 0.3 is 5.97 Å². The second-order valence-corrected chi connectivity index (χ2v) is 6.75. The number of hydrogen-bond donors (Lipinski definition) is 2. The Balaban J connectivity index is 1.75. The minimum atomic E-state index is -1.13. The fourth-order valence-corrected chi connectivity index (χ4v) is 3.17. The second kappa shape index (κ2) is 8.38. The SMILES string of the molecule is CCCCOC(=O)CNc1cc2c(cc1F)C(=O)N(C1CCC(=O)NC1=O)C2=O. The molecule has 4 amide bonds. The zero-order chi connectivity index (χ0) is 21.1. The number of amides is 4. The molecule has 1 saturated heterocycles. The molecular formula is C19H20FN3O6. The zero-order valence-corrected chi connectivity index (χ0v) is 15.7. The summed E-state index contributed by atoms with van der Waals surface area (Å²) in [7, 11) is 0. The number of ether oxygens (including phenoxy) is 1. The van der Waals surface area contributed by atoms with E-state index in [2.05, 4.69) is 10.6 Å². The number of imide groups is 2. The minimum Gasteiger partial charge on any atom is -0.464 e. The molecule has 2 aliphatic rings. The highest BCUT2D eigenvalue weighted by atomic mass is 19.1. The predicted octanol–water partition coefficient (Wildman–Crippen LogP) is 0.982. The van der Waals surface area contributed by atoms with E-state index in [0.717, 1.165) is 23.5 Å². The molecule has 3 rings (SSSR count). The van der Waals surface area contributed by atoms with E-state index in [0.29, 0.717) is 6.42 Å². The molecule has 1 aromatic carbocycles. The molecule has 9 nitrogen and oxygen atoms in total. The van der Waals surface area contributed by atoms with Gasteiger partial charge in [0.2, 0.25) is 11.8 Å². The number of anilines is 1. The molecule has 1 atom stereocenters. The van der Waals surface area contributed by atoms with Crippen LogP contribution in [0, 0.1) is 5.82 Å². The molecule has 10 heteroatoms. The van der Waals surface area contributed by atoms with Crippen molar-refractivity contribution < 1.29 is 33.1 Å². The average molecular weight is 405 g/mol. The molecule has 0 bridgehead atoms. The number of carbonyl (C=O) groups is 5. The van der Waals surface area contributed by atoms with Crippen LogP contribution < -0.4 is 10.6 Å². The lowest BCUT2D eigenvalue weighted by molar-refractivity contribution is -0.141. The van der Waals surface area contributed by atoms with Gasteiger partial charge in [0, 0.05) is 6.42 Å². The topological polar surface area (TPSA) is 122 Å². The van der Waals surface area contributed by atoms with Gasteiger partial charge in [0.25, 0.3) is 11.8 Å². The fourth-order valence-electron chi connectivity index (χ4n) is 3.17. The monoisotopic (exact) mass is 405 g/mol. The molecule has 0 aliphatic carbocycles. The van der Waals surface area contributed by atoms with E-state index < -0.39 is 41.5 Å². The van der Waals surface area contributed by atoms with Crippen LogP contribution in [0.4, 0.5) is 10.1 Å². The summed E-state index contributed by atoms with van der Waals surface area (Å²) in [5.74, 6) is -4.19. The molecule has 2 heterocycles. The van der Waals surface area contributed by atoms with Crippen molar-refractivity contribution in [2.75, 3.05) is 18.5 Å². The second-order valence-electron chi connectivity index (χ2n) is 6.75. The number of piperidine rings is 1. The van der Waals surface area contributed by atoms with Crippen LogP contribution in [0.1, 0.15) is 53.3 Å². The molecule has 1 fully saturated rings. The van der Waals surface area contributed by atoms with Crippen LogP contribution in [0.3, 0.4) is 0 Å². The molecule has 154 valence electrons. The van der Waals surface area contributed by atoms with Crippen molar-refractivity contribution in [2.45, 2.75) is 38.6 Å². The molecule has 0 spiro atoms. The maximum atomic E-state index is 14.4. The van der Waals surface area contributed by atoms with E-state index in [9.17, 15) is 28.4 Å². The molecule has 29 heavy (non-hydrogen) atoms. The summed E-state index contributed by atoms with van der Waals surface area (Å²) in [6.07, 6.45) is 1.57. The first-order valence-corrected chi connectivity index (χ1v) is 9.28. The number of rotatable bonds is 7. The highest BCUT2D eigenvalue weighted by molar-refractivity contribution is 6.23. The van der Waals surface area contributed by atoms with Gasteiger partial charge in [-0.3, -0.25) is 34.2 Å². The molecule has 0 aromatic heterocycles. The summed E-state index contributed by atoms with van der Waals surface area (Å²) in [5, 5.41) is 4.65. The Labute approximate surface area is 165 Å². The smallest absolute Gasteiger partial charge is 0.325 e. The van der Waals surface area contributed by atoms with E-state index in [-0.39, 0.29) is 42.8 Å². The van der Waals surface area contributed by atoms with Crippen molar-refractivity contribution in [3.63, 3.8) is 0 Å². The van der Waals surface area contributed by atoms with Crippen molar-refractivity contribution in [3.8, 4) is 0 Å². The van der Waals surface area contributed by atoms with E-state index >= 15 is 0 Å². The van der Waals surface area contributed by atoms with Crippen molar-refractivity contribution >= 4 is 35.3 Å². The standard InChI is InChI=1S/C19H20FN3O6/c1-2-3-6-29-16(25)9-21-13-8-11-10(7-12(13)20)18(27)23(19(11)28)14-4-5-15(24)22-17(14)26/h7-8,14,21H,2-6,9H2,1H3,(H,22,24,26). The molecule has 2 N–H and O–H groups in total. The number of hydrogen-bond acceptors (Lipinski definition) is 7. The van der Waals surface area contributed by atoms with Gasteiger partial charge in [0.15, 0.2) is 0 Å². The average Bonchev–Trinajstić information content (AvgIpc) is 2.90. The first kappa shape index (κ1) is 20.4. The van der Waals surface area contributed by atoms with Gasteiger partial charge in [0.1, 0.15) is 18.4 Å². The van der Waals surface area contributed by atoms with Gasteiger partial charge in [-0.2, -0.15) is 0 Å². The van der Waals surface area contributed by atoms with Gasteiger partial charge in [-0.05, 0) is 25.0 Å². The number of halogens is 1. The van der Waals surface area contributed by atoms with Crippen LogP contribution in [-0.2, 0) is 19.1 Å². The van der Waals surface area contributed by atoms with Crippen molar-refractivity contribution in [1.29, 1.82) is 0 Å². The third kappa shape index (κ3) is 4.10.